The van der Waals surface area contributed by atoms with Crippen LogP contribution in [0.4, 0.5) is 14.9 Å². The van der Waals surface area contributed by atoms with Gasteiger partial charge in [-0.2, -0.15) is 11.3 Å². The second-order valence-electron chi connectivity index (χ2n) is 5.76. The SMILES string of the molecule is C[C@H](Cc1ccsc1)NC(=O)c1cc(N2CCNC2=O)ccc1F. The number of hydrogen-bond donors (Lipinski definition) is 2. The summed E-state index contributed by atoms with van der Waals surface area (Å²) in [5.41, 5.74) is 1.60. The van der Waals surface area contributed by atoms with Crippen LogP contribution in [0.25, 0.3) is 0 Å². The number of hydrogen-bond acceptors (Lipinski definition) is 3. The van der Waals surface area contributed by atoms with Gasteiger partial charge in [0.2, 0.25) is 0 Å². The van der Waals surface area contributed by atoms with Gasteiger partial charge < -0.3 is 10.6 Å². The van der Waals surface area contributed by atoms with Crippen molar-refractivity contribution in [2.45, 2.75) is 19.4 Å². The molecule has 0 saturated carbocycles. The molecule has 3 amide bonds. The highest BCUT2D eigenvalue weighted by Gasteiger charge is 2.23. The summed E-state index contributed by atoms with van der Waals surface area (Å²) in [6.07, 6.45) is 0.686. The molecule has 0 unspecified atom stereocenters. The number of nitrogens with zero attached hydrogens (tertiary/aromatic N) is 1. The van der Waals surface area contributed by atoms with Gasteiger partial charge in [-0.05, 0) is 53.9 Å². The van der Waals surface area contributed by atoms with Crippen molar-refractivity contribution in [2.75, 3.05) is 18.0 Å². The number of amides is 3. The quantitative estimate of drug-likeness (QED) is 0.874. The fourth-order valence-corrected chi connectivity index (χ4v) is 3.37. The van der Waals surface area contributed by atoms with Crippen LogP contribution in [0.3, 0.4) is 0 Å². The zero-order valence-corrected chi connectivity index (χ0v) is 14.0. The van der Waals surface area contributed by atoms with Gasteiger partial charge in [-0.15, -0.1) is 0 Å². The fourth-order valence-electron chi connectivity index (χ4n) is 2.69. The van der Waals surface area contributed by atoms with E-state index in [1.54, 1.807) is 11.3 Å². The van der Waals surface area contributed by atoms with Gasteiger partial charge in [-0.1, -0.05) is 0 Å². The Hall–Kier alpha value is -2.41. The van der Waals surface area contributed by atoms with Gasteiger partial charge in [-0.25, -0.2) is 9.18 Å². The van der Waals surface area contributed by atoms with Gasteiger partial charge in [0.1, 0.15) is 5.82 Å². The molecule has 2 aromatic rings. The molecule has 2 heterocycles. The minimum Gasteiger partial charge on any atom is -0.349 e. The number of anilines is 1. The molecule has 2 N–H and O–H groups in total. The van der Waals surface area contributed by atoms with Crippen molar-refractivity contribution in [1.29, 1.82) is 0 Å². The number of thiophene rings is 1. The van der Waals surface area contributed by atoms with Crippen molar-refractivity contribution in [3.05, 3.63) is 52.0 Å². The molecule has 1 fully saturated rings. The van der Waals surface area contributed by atoms with Crippen LogP contribution in [0.2, 0.25) is 0 Å². The molecule has 24 heavy (non-hydrogen) atoms. The Balaban J connectivity index is 1.72. The highest BCUT2D eigenvalue weighted by atomic mass is 32.1. The first-order valence-electron chi connectivity index (χ1n) is 7.71. The smallest absolute Gasteiger partial charge is 0.321 e. The third kappa shape index (κ3) is 3.56. The molecule has 0 bridgehead atoms. The summed E-state index contributed by atoms with van der Waals surface area (Å²) in [5, 5.41) is 9.50. The molecule has 1 aromatic heterocycles. The number of benzene rings is 1. The summed E-state index contributed by atoms with van der Waals surface area (Å²) in [4.78, 5) is 25.6. The summed E-state index contributed by atoms with van der Waals surface area (Å²) in [7, 11) is 0. The lowest BCUT2D eigenvalue weighted by Gasteiger charge is -2.17. The minimum absolute atomic E-state index is 0.0515. The van der Waals surface area contributed by atoms with Crippen LogP contribution in [0, 0.1) is 5.82 Å². The lowest BCUT2D eigenvalue weighted by molar-refractivity contribution is 0.0936. The van der Waals surface area contributed by atoms with E-state index in [-0.39, 0.29) is 17.6 Å². The minimum atomic E-state index is -0.599. The lowest BCUT2D eigenvalue weighted by atomic mass is 10.1. The molecule has 0 spiro atoms. The second kappa shape index (κ2) is 7.00. The van der Waals surface area contributed by atoms with Gasteiger partial charge in [0.25, 0.3) is 5.91 Å². The van der Waals surface area contributed by atoms with E-state index >= 15 is 0 Å². The number of halogens is 1. The van der Waals surface area contributed by atoms with Crippen LogP contribution in [0.1, 0.15) is 22.8 Å². The molecule has 1 aliphatic rings. The molecular weight excluding hydrogens is 329 g/mol. The van der Waals surface area contributed by atoms with E-state index < -0.39 is 11.7 Å². The molecule has 5 nitrogen and oxygen atoms in total. The Morgan fingerprint density at radius 3 is 2.96 bits per heavy atom. The maximum atomic E-state index is 14.1. The average Bonchev–Trinajstić information content (AvgIpc) is 3.19. The summed E-state index contributed by atoms with van der Waals surface area (Å²) >= 11 is 1.60. The standard InChI is InChI=1S/C17H18FN3O2S/c1-11(8-12-4-7-24-10-12)20-16(22)14-9-13(2-3-15(14)18)21-6-5-19-17(21)23/h2-4,7,9-11H,5-6,8H2,1H3,(H,19,23)(H,20,22)/t11-/m1/s1. The Bertz CT molecular complexity index is 748. The zero-order valence-electron chi connectivity index (χ0n) is 13.2. The molecular formula is C17H18FN3O2S. The number of carbonyl (C=O) groups excluding carboxylic acids is 2. The molecule has 1 saturated heterocycles. The largest absolute Gasteiger partial charge is 0.349 e. The van der Waals surface area contributed by atoms with E-state index in [4.69, 9.17) is 0 Å². The third-order valence-corrected chi connectivity index (χ3v) is 4.59. The molecule has 1 aliphatic heterocycles. The van der Waals surface area contributed by atoms with Crippen LogP contribution in [-0.2, 0) is 6.42 Å². The second-order valence-corrected chi connectivity index (χ2v) is 6.54. The number of carbonyl (C=O) groups is 2. The van der Waals surface area contributed by atoms with Gasteiger partial charge in [-0.3, -0.25) is 9.69 Å². The van der Waals surface area contributed by atoms with Crippen molar-refractivity contribution in [2.24, 2.45) is 0 Å². The molecule has 3 rings (SSSR count). The molecule has 126 valence electrons. The van der Waals surface area contributed by atoms with E-state index in [0.29, 0.717) is 25.2 Å². The van der Waals surface area contributed by atoms with E-state index in [2.05, 4.69) is 10.6 Å². The van der Waals surface area contributed by atoms with Gasteiger partial charge >= 0.3 is 6.03 Å². The number of nitrogens with one attached hydrogen (secondary N) is 2. The van der Waals surface area contributed by atoms with Gasteiger partial charge in [0.05, 0.1) is 5.56 Å². The summed E-state index contributed by atoms with van der Waals surface area (Å²) < 4.78 is 14.1. The predicted octanol–water partition coefficient (Wildman–Crippen LogP) is 2.78. The molecule has 0 aliphatic carbocycles. The van der Waals surface area contributed by atoms with E-state index in [9.17, 15) is 14.0 Å². The van der Waals surface area contributed by atoms with Crippen LogP contribution in [0.5, 0.6) is 0 Å². The molecule has 1 aromatic carbocycles. The monoisotopic (exact) mass is 347 g/mol. The van der Waals surface area contributed by atoms with Gasteiger partial charge in [0, 0.05) is 24.8 Å². The topological polar surface area (TPSA) is 61.4 Å². The van der Waals surface area contributed by atoms with Crippen LogP contribution in [-0.4, -0.2) is 31.1 Å². The third-order valence-electron chi connectivity index (χ3n) is 3.86. The van der Waals surface area contributed by atoms with Crippen molar-refractivity contribution in [3.8, 4) is 0 Å². The van der Waals surface area contributed by atoms with Crippen LogP contribution < -0.4 is 15.5 Å². The Kier molecular flexibility index (Phi) is 4.80. The Morgan fingerprint density at radius 1 is 1.46 bits per heavy atom. The normalized spacial score (nSPS) is 15.2. The van der Waals surface area contributed by atoms with E-state index in [1.807, 2.05) is 23.8 Å². The Morgan fingerprint density at radius 2 is 2.29 bits per heavy atom. The van der Waals surface area contributed by atoms with E-state index in [0.717, 1.165) is 5.56 Å². The summed E-state index contributed by atoms with van der Waals surface area (Å²) in [5.74, 6) is -1.07. The predicted molar refractivity (Wildman–Crippen MR) is 92.1 cm³/mol. The number of urea groups is 1. The van der Waals surface area contributed by atoms with Gasteiger partial charge in [0.15, 0.2) is 0 Å². The van der Waals surface area contributed by atoms with Crippen LogP contribution in [0.15, 0.2) is 35.0 Å². The highest BCUT2D eigenvalue weighted by molar-refractivity contribution is 7.07. The lowest BCUT2D eigenvalue weighted by Crippen LogP contribution is -2.35. The molecule has 7 heteroatoms. The fraction of sp³-hybridized carbons (Fsp3) is 0.294. The maximum Gasteiger partial charge on any atom is 0.321 e. The van der Waals surface area contributed by atoms with E-state index in [1.165, 1.54) is 23.1 Å². The Labute approximate surface area is 143 Å². The molecule has 1 atom stereocenters. The zero-order chi connectivity index (χ0) is 17.1. The highest BCUT2D eigenvalue weighted by Crippen LogP contribution is 2.21. The first-order valence-corrected chi connectivity index (χ1v) is 8.65. The summed E-state index contributed by atoms with van der Waals surface area (Å²) in [6, 6.07) is 5.79. The van der Waals surface area contributed by atoms with Crippen molar-refractivity contribution >= 4 is 29.0 Å². The molecule has 0 radical (unpaired) electrons. The maximum absolute atomic E-state index is 14.1. The summed E-state index contributed by atoms with van der Waals surface area (Å²) in [6.45, 7) is 2.92. The first-order chi connectivity index (χ1) is 11.5. The van der Waals surface area contributed by atoms with Crippen molar-refractivity contribution < 1.29 is 14.0 Å². The van der Waals surface area contributed by atoms with Crippen molar-refractivity contribution in [3.63, 3.8) is 0 Å². The average molecular weight is 347 g/mol. The number of rotatable bonds is 5. The first kappa shape index (κ1) is 16.4. The van der Waals surface area contributed by atoms with Crippen molar-refractivity contribution in [1.82, 2.24) is 10.6 Å². The van der Waals surface area contributed by atoms with Crippen LogP contribution >= 0.6 is 11.3 Å².